The van der Waals surface area contributed by atoms with Gasteiger partial charge >= 0.3 is 0 Å². The molecule has 0 heterocycles. The van der Waals surface area contributed by atoms with Gasteiger partial charge in [0.2, 0.25) is 0 Å². The molecule has 0 amide bonds. The molecule has 1 atom stereocenters. The van der Waals surface area contributed by atoms with Gasteiger partial charge < -0.3 is 11.1 Å². The maximum atomic E-state index is 13.1. The average molecular weight is 257 g/mol. The lowest BCUT2D eigenvalue weighted by atomic mass is 9.62. The van der Waals surface area contributed by atoms with Crippen LogP contribution < -0.4 is 11.1 Å². The molecule has 2 rings (SSSR count). The van der Waals surface area contributed by atoms with Crippen molar-refractivity contribution in [2.45, 2.75) is 25.3 Å². The van der Waals surface area contributed by atoms with Crippen molar-refractivity contribution in [2.75, 3.05) is 13.6 Å². The molecule has 0 aromatic heterocycles. The van der Waals surface area contributed by atoms with Crippen molar-refractivity contribution >= 4 is 11.6 Å². The molecule has 3 N–H and O–H groups in total. The molecule has 0 bridgehead atoms. The van der Waals surface area contributed by atoms with Crippen LogP contribution in [0.25, 0.3) is 0 Å². The molecule has 0 spiro atoms. The second-order valence-corrected chi connectivity index (χ2v) is 5.30. The van der Waals surface area contributed by atoms with E-state index in [9.17, 15) is 4.39 Å². The van der Waals surface area contributed by atoms with E-state index in [2.05, 4.69) is 5.32 Å². The fourth-order valence-corrected chi connectivity index (χ4v) is 2.83. The molecule has 1 aromatic rings. The summed E-state index contributed by atoms with van der Waals surface area (Å²) in [6.45, 7) is 0.892. The van der Waals surface area contributed by atoms with Gasteiger partial charge in [0.15, 0.2) is 0 Å². The Morgan fingerprint density at radius 3 is 2.71 bits per heavy atom. The third kappa shape index (κ3) is 2.32. The van der Waals surface area contributed by atoms with Crippen LogP contribution in [0.4, 0.5) is 4.39 Å². The number of halogens is 2. The zero-order chi connectivity index (χ0) is 12.5. The molecule has 1 saturated carbocycles. The van der Waals surface area contributed by atoms with Gasteiger partial charge in [0.1, 0.15) is 5.82 Å². The van der Waals surface area contributed by atoms with Crippen molar-refractivity contribution in [3.8, 4) is 0 Å². The van der Waals surface area contributed by atoms with E-state index < -0.39 is 0 Å². The summed E-state index contributed by atoms with van der Waals surface area (Å²) in [7, 11) is 1.93. The monoisotopic (exact) mass is 256 g/mol. The Hall–Kier alpha value is -0.640. The molecule has 94 valence electrons. The summed E-state index contributed by atoms with van der Waals surface area (Å²) < 4.78 is 13.1. The van der Waals surface area contributed by atoms with Crippen molar-refractivity contribution in [1.82, 2.24) is 5.32 Å². The fraction of sp³-hybridized carbons (Fsp3) is 0.538. The van der Waals surface area contributed by atoms with Crippen LogP contribution in [-0.2, 0) is 0 Å². The van der Waals surface area contributed by atoms with E-state index >= 15 is 0 Å². The molecule has 1 fully saturated rings. The Bertz CT molecular complexity index is 404. The van der Waals surface area contributed by atoms with E-state index in [0.717, 1.165) is 24.9 Å². The molecule has 0 aliphatic heterocycles. The third-order valence-corrected chi connectivity index (χ3v) is 4.13. The molecule has 1 aromatic carbocycles. The molecule has 0 saturated heterocycles. The van der Waals surface area contributed by atoms with Gasteiger partial charge in [-0.15, -0.1) is 0 Å². The van der Waals surface area contributed by atoms with E-state index in [-0.39, 0.29) is 22.3 Å². The Labute approximate surface area is 106 Å². The van der Waals surface area contributed by atoms with Crippen LogP contribution in [0.3, 0.4) is 0 Å². The number of benzene rings is 1. The Balaban J connectivity index is 2.23. The van der Waals surface area contributed by atoms with Gasteiger partial charge in [-0.1, -0.05) is 24.1 Å². The molecular weight excluding hydrogens is 239 g/mol. The summed E-state index contributed by atoms with van der Waals surface area (Å²) in [5.74, 6) is -0.390. The molecule has 1 unspecified atom stereocenters. The largest absolute Gasteiger partial charge is 0.323 e. The summed E-state index contributed by atoms with van der Waals surface area (Å²) in [5, 5.41) is 3.35. The predicted molar refractivity (Wildman–Crippen MR) is 68.5 cm³/mol. The summed E-state index contributed by atoms with van der Waals surface area (Å²) in [5.41, 5.74) is 7.35. The maximum absolute atomic E-state index is 13.1. The standard InChI is InChI=1S/C13H18ClFN2/c1-17-8-13(5-2-6-13)12(16)9-3-4-11(15)10(14)7-9/h3-4,7,12,17H,2,5-6,8,16H2,1H3. The van der Waals surface area contributed by atoms with Crippen molar-refractivity contribution in [1.29, 1.82) is 0 Å². The second kappa shape index (κ2) is 4.92. The van der Waals surface area contributed by atoms with Crippen molar-refractivity contribution in [3.05, 3.63) is 34.6 Å². The van der Waals surface area contributed by atoms with Crippen LogP contribution in [0, 0.1) is 11.2 Å². The van der Waals surface area contributed by atoms with E-state index in [4.69, 9.17) is 17.3 Å². The van der Waals surface area contributed by atoms with Gasteiger partial charge in [-0.25, -0.2) is 4.39 Å². The maximum Gasteiger partial charge on any atom is 0.141 e. The van der Waals surface area contributed by atoms with Gasteiger partial charge in [0.05, 0.1) is 5.02 Å². The molecule has 1 aliphatic carbocycles. The predicted octanol–water partition coefficient (Wildman–Crippen LogP) is 2.87. The van der Waals surface area contributed by atoms with Gasteiger partial charge in [-0.3, -0.25) is 0 Å². The quantitative estimate of drug-likeness (QED) is 0.869. The summed E-state index contributed by atoms with van der Waals surface area (Å²) in [6, 6.07) is 4.70. The minimum atomic E-state index is -0.390. The van der Waals surface area contributed by atoms with Crippen molar-refractivity contribution in [2.24, 2.45) is 11.1 Å². The van der Waals surface area contributed by atoms with Crippen LogP contribution in [-0.4, -0.2) is 13.6 Å². The second-order valence-electron chi connectivity index (χ2n) is 4.90. The van der Waals surface area contributed by atoms with E-state index in [1.807, 2.05) is 7.05 Å². The summed E-state index contributed by atoms with van der Waals surface area (Å²) >= 11 is 5.80. The highest BCUT2D eigenvalue weighted by Crippen LogP contribution is 2.48. The third-order valence-electron chi connectivity index (χ3n) is 3.84. The normalized spacial score (nSPS) is 19.8. The van der Waals surface area contributed by atoms with Gasteiger partial charge in [0.25, 0.3) is 0 Å². The molecule has 1 aliphatic rings. The highest BCUT2D eigenvalue weighted by molar-refractivity contribution is 6.30. The van der Waals surface area contributed by atoms with E-state index in [0.29, 0.717) is 0 Å². The lowest BCUT2D eigenvalue weighted by molar-refractivity contribution is 0.0947. The van der Waals surface area contributed by atoms with E-state index in [1.54, 1.807) is 12.1 Å². The van der Waals surface area contributed by atoms with Crippen LogP contribution >= 0.6 is 11.6 Å². The number of nitrogens with two attached hydrogens (primary N) is 1. The number of rotatable bonds is 4. The first kappa shape index (κ1) is 12.8. The Morgan fingerprint density at radius 1 is 1.53 bits per heavy atom. The van der Waals surface area contributed by atoms with E-state index in [1.165, 1.54) is 12.5 Å². The zero-order valence-corrected chi connectivity index (χ0v) is 10.7. The van der Waals surface area contributed by atoms with Crippen LogP contribution in [0.5, 0.6) is 0 Å². The minimum Gasteiger partial charge on any atom is -0.323 e. The van der Waals surface area contributed by atoms with Crippen molar-refractivity contribution in [3.63, 3.8) is 0 Å². The molecule has 2 nitrogen and oxygen atoms in total. The molecule has 17 heavy (non-hydrogen) atoms. The first-order valence-electron chi connectivity index (χ1n) is 5.94. The summed E-state index contributed by atoms with van der Waals surface area (Å²) in [4.78, 5) is 0. The first-order chi connectivity index (χ1) is 8.09. The molecule has 4 heteroatoms. The summed E-state index contributed by atoms with van der Waals surface area (Å²) in [6.07, 6.45) is 3.44. The lowest BCUT2D eigenvalue weighted by Crippen LogP contribution is -2.46. The highest BCUT2D eigenvalue weighted by Gasteiger charge is 2.42. The number of hydrogen-bond donors (Lipinski definition) is 2. The van der Waals surface area contributed by atoms with Gasteiger partial charge in [-0.2, -0.15) is 0 Å². The molecular formula is C13H18ClFN2. The van der Waals surface area contributed by atoms with Gasteiger partial charge in [0, 0.05) is 18.0 Å². The number of nitrogens with one attached hydrogen (secondary N) is 1. The zero-order valence-electron chi connectivity index (χ0n) is 9.97. The SMILES string of the molecule is CNCC1(C(N)c2ccc(F)c(Cl)c2)CCC1. The van der Waals surface area contributed by atoms with Crippen LogP contribution in [0.1, 0.15) is 30.9 Å². The average Bonchev–Trinajstić information content (AvgIpc) is 2.26. The first-order valence-corrected chi connectivity index (χ1v) is 6.32. The molecule has 0 radical (unpaired) electrons. The van der Waals surface area contributed by atoms with Crippen LogP contribution in [0.15, 0.2) is 18.2 Å². The van der Waals surface area contributed by atoms with Gasteiger partial charge in [-0.05, 0) is 37.6 Å². The topological polar surface area (TPSA) is 38.0 Å². The lowest BCUT2D eigenvalue weighted by Gasteiger charge is -2.46. The smallest absolute Gasteiger partial charge is 0.141 e. The Morgan fingerprint density at radius 2 is 2.24 bits per heavy atom. The Kier molecular flexibility index (Phi) is 3.71. The number of hydrogen-bond acceptors (Lipinski definition) is 2. The van der Waals surface area contributed by atoms with Crippen LogP contribution in [0.2, 0.25) is 5.02 Å². The van der Waals surface area contributed by atoms with Crippen molar-refractivity contribution < 1.29 is 4.39 Å². The highest BCUT2D eigenvalue weighted by atomic mass is 35.5. The fourth-order valence-electron chi connectivity index (χ4n) is 2.64. The minimum absolute atomic E-state index is 0.0817.